The molecule has 0 radical (unpaired) electrons. The fraction of sp³-hybridized carbons (Fsp3) is 0.643. The predicted octanol–water partition coefficient (Wildman–Crippen LogP) is 2.81. The first-order valence-corrected chi connectivity index (χ1v) is 6.50. The molecule has 17 heavy (non-hydrogen) atoms. The number of anilines is 1. The number of aromatic nitrogens is 1. The van der Waals surface area contributed by atoms with Gasteiger partial charge in [-0.1, -0.05) is 19.9 Å². The van der Waals surface area contributed by atoms with E-state index >= 15 is 0 Å². The SMILES string of the molecule is CCN(c1cccc(CNC(C)C)n1)C(C)C. The van der Waals surface area contributed by atoms with E-state index in [0.717, 1.165) is 24.6 Å². The topological polar surface area (TPSA) is 28.2 Å². The lowest BCUT2D eigenvalue weighted by Crippen LogP contribution is -2.31. The van der Waals surface area contributed by atoms with Crippen LogP contribution in [0, 0.1) is 0 Å². The summed E-state index contributed by atoms with van der Waals surface area (Å²) in [6, 6.07) is 7.23. The molecule has 0 aliphatic rings. The zero-order valence-corrected chi connectivity index (χ0v) is 11.7. The average molecular weight is 235 g/mol. The van der Waals surface area contributed by atoms with Gasteiger partial charge in [0.1, 0.15) is 5.82 Å². The Hall–Kier alpha value is -1.09. The quantitative estimate of drug-likeness (QED) is 0.822. The summed E-state index contributed by atoms with van der Waals surface area (Å²) < 4.78 is 0. The van der Waals surface area contributed by atoms with Crippen LogP contribution in [0.3, 0.4) is 0 Å². The summed E-state index contributed by atoms with van der Waals surface area (Å²) in [7, 11) is 0. The minimum Gasteiger partial charge on any atom is -0.354 e. The van der Waals surface area contributed by atoms with Crippen molar-refractivity contribution < 1.29 is 0 Å². The highest BCUT2D eigenvalue weighted by Crippen LogP contribution is 2.14. The van der Waals surface area contributed by atoms with Crippen molar-refractivity contribution in [1.82, 2.24) is 10.3 Å². The van der Waals surface area contributed by atoms with Gasteiger partial charge >= 0.3 is 0 Å². The Morgan fingerprint density at radius 1 is 1.24 bits per heavy atom. The zero-order chi connectivity index (χ0) is 12.8. The maximum Gasteiger partial charge on any atom is 0.129 e. The van der Waals surface area contributed by atoms with Crippen LogP contribution in [-0.4, -0.2) is 23.6 Å². The van der Waals surface area contributed by atoms with Crippen molar-refractivity contribution in [2.75, 3.05) is 11.4 Å². The first kappa shape index (κ1) is 14.0. The predicted molar refractivity (Wildman–Crippen MR) is 74.4 cm³/mol. The molecule has 0 aliphatic carbocycles. The third-order valence-electron chi connectivity index (χ3n) is 2.74. The lowest BCUT2D eigenvalue weighted by Gasteiger charge is -2.26. The van der Waals surface area contributed by atoms with Gasteiger partial charge in [-0.05, 0) is 32.9 Å². The summed E-state index contributed by atoms with van der Waals surface area (Å²) >= 11 is 0. The van der Waals surface area contributed by atoms with Crippen LogP contribution in [0.5, 0.6) is 0 Å². The molecule has 1 rings (SSSR count). The van der Waals surface area contributed by atoms with Crippen LogP contribution in [-0.2, 0) is 6.54 Å². The van der Waals surface area contributed by atoms with Gasteiger partial charge in [0.15, 0.2) is 0 Å². The molecule has 0 saturated carbocycles. The number of hydrogen-bond acceptors (Lipinski definition) is 3. The van der Waals surface area contributed by atoms with Crippen molar-refractivity contribution in [3.05, 3.63) is 23.9 Å². The van der Waals surface area contributed by atoms with Gasteiger partial charge in [-0.25, -0.2) is 4.98 Å². The summed E-state index contributed by atoms with van der Waals surface area (Å²) in [5, 5.41) is 3.39. The third-order valence-corrected chi connectivity index (χ3v) is 2.74. The van der Waals surface area contributed by atoms with E-state index in [-0.39, 0.29) is 0 Å². The van der Waals surface area contributed by atoms with Crippen LogP contribution in [0.15, 0.2) is 18.2 Å². The Labute approximate surface area is 105 Å². The zero-order valence-electron chi connectivity index (χ0n) is 11.7. The second kappa shape index (κ2) is 6.60. The van der Waals surface area contributed by atoms with Gasteiger partial charge in [0.05, 0.1) is 5.69 Å². The van der Waals surface area contributed by atoms with Crippen LogP contribution in [0.25, 0.3) is 0 Å². The molecule has 0 spiro atoms. The van der Waals surface area contributed by atoms with Crippen LogP contribution >= 0.6 is 0 Å². The molecule has 3 nitrogen and oxygen atoms in total. The van der Waals surface area contributed by atoms with Crippen LogP contribution in [0.1, 0.15) is 40.3 Å². The van der Waals surface area contributed by atoms with Crippen LogP contribution in [0.2, 0.25) is 0 Å². The highest BCUT2D eigenvalue weighted by Gasteiger charge is 2.09. The van der Waals surface area contributed by atoms with Gasteiger partial charge < -0.3 is 10.2 Å². The van der Waals surface area contributed by atoms with E-state index in [1.807, 2.05) is 0 Å². The molecule has 1 heterocycles. The molecule has 0 fully saturated rings. The fourth-order valence-electron chi connectivity index (χ4n) is 1.83. The average Bonchev–Trinajstić information content (AvgIpc) is 2.27. The molecule has 0 bridgehead atoms. The minimum absolute atomic E-state index is 0.487. The molecule has 0 aromatic carbocycles. The molecule has 1 N–H and O–H groups in total. The maximum absolute atomic E-state index is 4.70. The molecule has 0 amide bonds. The highest BCUT2D eigenvalue weighted by molar-refractivity contribution is 5.40. The summed E-state index contributed by atoms with van der Waals surface area (Å²) in [5.41, 5.74) is 1.11. The molecule has 0 unspecified atom stereocenters. The summed E-state index contributed by atoms with van der Waals surface area (Å²) in [4.78, 5) is 7.00. The van der Waals surface area contributed by atoms with Gasteiger partial charge in [-0.2, -0.15) is 0 Å². The van der Waals surface area contributed by atoms with Crippen molar-refractivity contribution in [2.24, 2.45) is 0 Å². The number of rotatable bonds is 6. The fourth-order valence-corrected chi connectivity index (χ4v) is 1.83. The van der Waals surface area contributed by atoms with Crippen molar-refractivity contribution in [3.63, 3.8) is 0 Å². The van der Waals surface area contributed by atoms with E-state index < -0.39 is 0 Å². The van der Waals surface area contributed by atoms with E-state index in [9.17, 15) is 0 Å². The number of pyridine rings is 1. The van der Waals surface area contributed by atoms with E-state index in [0.29, 0.717) is 12.1 Å². The summed E-state index contributed by atoms with van der Waals surface area (Å²) in [6.07, 6.45) is 0. The Bertz CT molecular complexity index is 334. The normalized spacial score (nSPS) is 11.2. The van der Waals surface area contributed by atoms with Gasteiger partial charge in [-0.3, -0.25) is 0 Å². The Morgan fingerprint density at radius 2 is 1.94 bits per heavy atom. The number of nitrogens with one attached hydrogen (secondary N) is 1. The minimum atomic E-state index is 0.487. The van der Waals surface area contributed by atoms with Crippen molar-refractivity contribution in [2.45, 2.75) is 53.2 Å². The van der Waals surface area contributed by atoms with Gasteiger partial charge in [0.2, 0.25) is 0 Å². The monoisotopic (exact) mass is 235 g/mol. The van der Waals surface area contributed by atoms with Gasteiger partial charge in [0.25, 0.3) is 0 Å². The maximum atomic E-state index is 4.70. The largest absolute Gasteiger partial charge is 0.354 e. The van der Waals surface area contributed by atoms with Gasteiger partial charge in [0, 0.05) is 25.2 Å². The molecular weight excluding hydrogens is 210 g/mol. The van der Waals surface area contributed by atoms with Crippen molar-refractivity contribution in [1.29, 1.82) is 0 Å². The molecule has 3 heteroatoms. The second-order valence-corrected chi connectivity index (χ2v) is 4.90. The highest BCUT2D eigenvalue weighted by atomic mass is 15.2. The Morgan fingerprint density at radius 3 is 2.47 bits per heavy atom. The molecule has 0 aliphatic heterocycles. The molecule has 0 atom stereocenters. The third kappa shape index (κ3) is 4.35. The van der Waals surface area contributed by atoms with Gasteiger partial charge in [-0.15, -0.1) is 0 Å². The molecule has 0 saturated heterocycles. The van der Waals surface area contributed by atoms with E-state index in [2.05, 4.69) is 63.0 Å². The van der Waals surface area contributed by atoms with E-state index in [4.69, 9.17) is 4.98 Å². The second-order valence-electron chi connectivity index (χ2n) is 4.90. The molecule has 96 valence electrons. The first-order chi connectivity index (χ1) is 8.04. The van der Waals surface area contributed by atoms with Crippen molar-refractivity contribution >= 4 is 5.82 Å². The standard InChI is InChI=1S/C14H25N3/c1-6-17(12(4)5)14-9-7-8-13(16-14)10-15-11(2)3/h7-9,11-12,15H,6,10H2,1-5H3. The molecular formula is C14H25N3. The summed E-state index contributed by atoms with van der Waals surface area (Å²) in [5.74, 6) is 1.07. The number of nitrogens with zero attached hydrogens (tertiary/aromatic N) is 2. The Balaban J connectivity index is 2.77. The lowest BCUT2D eigenvalue weighted by molar-refractivity contribution is 0.580. The lowest BCUT2D eigenvalue weighted by atomic mass is 10.2. The molecule has 1 aromatic rings. The number of hydrogen-bond donors (Lipinski definition) is 1. The summed E-state index contributed by atoms with van der Waals surface area (Å²) in [6.45, 7) is 12.7. The smallest absolute Gasteiger partial charge is 0.129 e. The van der Waals surface area contributed by atoms with E-state index in [1.54, 1.807) is 0 Å². The first-order valence-electron chi connectivity index (χ1n) is 6.50. The van der Waals surface area contributed by atoms with Crippen LogP contribution < -0.4 is 10.2 Å². The van der Waals surface area contributed by atoms with Crippen molar-refractivity contribution in [3.8, 4) is 0 Å². The Kier molecular flexibility index (Phi) is 5.42. The molecule has 1 aromatic heterocycles. The van der Waals surface area contributed by atoms with E-state index in [1.165, 1.54) is 0 Å². The van der Waals surface area contributed by atoms with Crippen LogP contribution in [0.4, 0.5) is 5.82 Å².